The number of hydrogen-bond donors (Lipinski definition) is 2. The summed E-state index contributed by atoms with van der Waals surface area (Å²) in [5, 5.41) is 13.2. The van der Waals surface area contributed by atoms with Crippen molar-refractivity contribution in [3.63, 3.8) is 0 Å². The molecule has 0 amide bonds. The molecule has 2 N–H and O–H groups in total. The maximum absolute atomic E-state index is 9.38. The van der Waals surface area contributed by atoms with E-state index in [9.17, 15) is 5.11 Å². The van der Waals surface area contributed by atoms with Gasteiger partial charge >= 0.3 is 0 Å². The van der Waals surface area contributed by atoms with E-state index >= 15 is 0 Å². The third-order valence-electron chi connectivity index (χ3n) is 2.28. The van der Waals surface area contributed by atoms with E-state index in [1.54, 1.807) is 0 Å². The van der Waals surface area contributed by atoms with Gasteiger partial charge in [-0.25, -0.2) is 0 Å². The van der Waals surface area contributed by atoms with Crippen LogP contribution in [0.2, 0.25) is 5.02 Å². The monoisotopic (exact) mass is 243 g/mol. The molecule has 0 spiro atoms. The van der Waals surface area contributed by atoms with E-state index in [-0.39, 0.29) is 6.61 Å². The SMILES string of the molecule is CCOCC(C)(CO)Nc1ccccc1Cl. The first-order valence-electron chi connectivity index (χ1n) is 5.32. The molecule has 3 nitrogen and oxygen atoms in total. The molecule has 0 heterocycles. The Balaban J connectivity index is 2.72. The molecule has 0 saturated carbocycles. The van der Waals surface area contributed by atoms with Crippen LogP contribution in [0.15, 0.2) is 24.3 Å². The van der Waals surface area contributed by atoms with Crippen molar-refractivity contribution < 1.29 is 9.84 Å². The number of ether oxygens (including phenoxy) is 1. The molecule has 16 heavy (non-hydrogen) atoms. The summed E-state index contributed by atoms with van der Waals surface area (Å²) in [6, 6.07) is 7.45. The highest BCUT2D eigenvalue weighted by molar-refractivity contribution is 6.33. The predicted molar refractivity (Wildman–Crippen MR) is 67.1 cm³/mol. The molecule has 90 valence electrons. The third-order valence-corrected chi connectivity index (χ3v) is 2.61. The number of aliphatic hydroxyl groups excluding tert-OH is 1. The fourth-order valence-electron chi connectivity index (χ4n) is 1.34. The lowest BCUT2D eigenvalue weighted by Crippen LogP contribution is -2.43. The van der Waals surface area contributed by atoms with Gasteiger partial charge in [-0.1, -0.05) is 23.7 Å². The predicted octanol–water partition coefficient (Wildman–Crippen LogP) is 2.54. The Kier molecular flexibility index (Phi) is 5.06. The Hall–Kier alpha value is -0.770. The molecule has 0 aliphatic heterocycles. The topological polar surface area (TPSA) is 41.5 Å². The van der Waals surface area contributed by atoms with Gasteiger partial charge in [0.05, 0.1) is 29.5 Å². The van der Waals surface area contributed by atoms with E-state index in [4.69, 9.17) is 16.3 Å². The van der Waals surface area contributed by atoms with Crippen LogP contribution in [0.4, 0.5) is 5.69 Å². The molecule has 1 unspecified atom stereocenters. The Morgan fingerprint density at radius 1 is 1.44 bits per heavy atom. The van der Waals surface area contributed by atoms with E-state index in [1.807, 2.05) is 38.1 Å². The lowest BCUT2D eigenvalue weighted by Gasteiger charge is -2.29. The second-order valence-corrected chi connectivity index (χ2v) is 4.37. The second-order valence-electron chi connectivity index (χ2n) is 3.96. The van der Waals surface area contributed by atoms with E-state index in [1.165, 1.54) is 0 Å². The summed E-state index contributed by atoms with van der Waals surface area (Å²) in [6.45, 7) is 4.86. The van der Waals surface area contributed by atoms with Crippen molar-refractivity contribution in [2.24, 2.45) is 0 Å². The number of hydrogen-bond acceptors (Lipinski definition) is 3. The van der Waals surface area contributed by atoms with Crippen molar-refractivity contribution in [1.82, 2.24) is 0 Å². The summed E-state index contributed by atoms with van der Waals surface area (Å²) in [6.07, 6.45) is 0. The fraction of sp³-hybridized carbons (Fsp3) is 0.500. The van der Waals surface area contributed by atoms with E-state index < -0.39 is 5.54 Å². The Morgan fingerprint density at radius 2 is 2.12 bits per heavy atom. The molecule has 0 bridgehead atoms. The van der Waals surface area contributed by atoms with Crippen LogP contribution in [0.1, 0.15) is 13.8 Å². The molecule has 1 rings (SSSR count). The zero-order chi connectivity index (χ0) is 12.0. The standard InChI is InChI=1S/C12H18ClNO2/c1-3-16-9-12(2,8-15)14-11-7-5-4-6-10(11)13/h4-7,14-15H,3,8-9H2,1-2H3. The minimum Gasteiger partial charge on any atom is -0.394 e. The molecular weight excluding hydrogens is 226 g/mol. The van der Waals surface area contributed by atoms with E-state index in [2.05, 4.69) is 5.32 Å². The van der Waals surface area contributed by atoms with Crippen molar-refractivity contribution in [3.05, 3.63) is 29.3 Å². The van der Waals surface area contributed by atoms with Gasteiger partial charge in [-0.2, -0.15) is 0 Å². The summed E-state index contributed by atoms with van der Waals surface area (Å²) in [5.74, 6) is 0. The summed E-state index contributed by atoms with van der Waals surface area (Å²) in [4.78, 5) is 0. The first-order chi connectivity index (χ1) is 7.61. The molecule has 1 aromatic carbocycles. The third kappa shape index (κ3) is 3.67. The van der Waals surface area contributed by atoms with Crippen LogP contribution in [0, 0.1) is 0 Å². The number of para-hydroxylation sites is 1. The minimum atomic E-state index is -0.513. The largest absolute Gasteiger partial charge is 0.394 e. The van der Waals surface area contributed by atoms with Gasteiger partial charge in [0.25, 0.3) is 0 Å². The van der Waals surface area contributed by atoms with Crippen molar-refractivity contribution in [2.45, 2.75) is 19.4 Å². The normalized spacial score (nSPS) is 14.5. The van der Waals surface area contributed by atoms with E-state index in [0.29, 0.717) is 18.2 Å². The van der Waals surface area contributed by atoms with Gasteiger partial charge in [-0.15, -0.1) is 0 Å². The summed E-state index contributed by atoms with van der Waals surface area (Å²) < 4.78 is 5.34. The van der Waals surface area contributed by atoms with Crippen LogP contribution in [-0.4, -0.2) is 30.5 Å². The number of aliphatic hydroxyl groups is 1. The molecule has 0 radical (unpaired) electrons. The maximum atomic E-state index is 9.38. The first kappa shape index (κ1) is 13.3. The molecule has 1 aromatic rings. The smallest absolute Gasteiger partial charge is 0.0809 e. The Labute approximate surface area is 101 Å². The van der Waals surface area contributed by atoms with Crippen LogP contribution in [0.5, 0.6) is 0 Å². The van der Waals surface area contributed by atoms with Gasteiger partial charge in [-0.3, -0.25) is 0 Å². The van der Waals surface area contributed by atoms with Crippen molar-refractivity contribution >= 4 is 17.3 Å². The van der Waals surface area contributed by atoms with Gasteiger partial charge in [0.2, 0.25) is 0 Å². The van der Waals surface area contributed by atoms with Gasteiger partial charge in [0, 0.05) is 6.61 Å². The number of benzene rings is 1. The molecule has 0 fully saturated rings. The highest BCUT2D eigenvalue weighted by Crippen LogP contribution is 2.24. The van der Waals surface area contributed by atoms with Crippen LogP contribution >= 0.6 is 11.6 Å². The van der Waals surface area contributed by atoms with Crippen molar-refractivity contribution in [3.8, 4) is 0 Å². The summed E-state index contributed by atoms with van der Waals surface area (Å²) >= 11 is 6.04. The Morgan fingerprint density at radius 3 is 2.69 bits per heavy atom. The zero-order valence-corrected chi connectivity index (χ0v) is 10.4. The molecule has 0 aliphatic carbocycles. The zero-order valence-electron chi connectivity index (χ0n) is 9.66. The second kappa shape index (κ2) is 6.09. The van der Waals surface area contributed by atoms with Gasteiger partial charge in [0.1, 0.15) is 0 Å². The highest BCUT2D eigenvalue weighted by atomic mass is 35.5. The molecule has 0 aliphatic rings. The van der Waals surface area contributed by atoms with Gasteiger partial charge < -0.3 is 15.2 Å². The number of nitrogens with one attached hydrogen (secondary N) is 1. The lowest BCUT2D eigenvalue weighted by atomic mass is 10.0. The number of halogens is 1. The molecule has 0 aromatic heterocycles. The molecule has 4 heteroatoms. The minimum absolute atomic E-state index is 0.0157. The first-order valence-corrected chi connectivity index (χ1v) is 5.70. The van der Waals surface area contributed by atoms with Gasteiger partial charge in [-0.05, 0) is 26.0 Å². The Bertz CT molecular complexity index is 333. The lowest BCUT2D eigenvalue weighted by molar-refractivity contribution is 0.0797. The molecule has 0 saturated heterocycles. The quantitative estimate of drug-likeness (QED) is 0.807. The van der Waals surface area contributed by atoms with Crippen LogP contribution < -0.4 is 5.32 Å². The van der Waals surface area contributed by atoms with E-state index in [0.717, 1.165) is 5.69 Å². The molecular formula is C12H18ClNO2. The molecule has 1 atom stereocenters. The van der Waals surface area contributed by atoms with Crippen molar-refractivity contribution in [2.75, 3.05) is 25.1 Å². The number of rotatable bonds is 6. The average Bonchev–Trinajstić information content (AvgIpc) is 2.30. The van der Waals surface area contributed by atoms with Crippen LogP contribution in [0.25, 0.3) is 0 Å². The van der Waals surface area contributed by atoms with Crippen LogP contribution in [0.3, 0.4) is 0 Å². The summed E-state index contributed by atoms with van der Waals surface area (Å²) in [5.41, 5.74) is 0.293. The average molecular weight is 244 g/mol. The maximum Gasteiger partial charge on any atom is 0.0809 e. The van der Waals surface area contributed by atoms with Crippen LogP contribution in [-0.2, 0) is 4.74 Å². The van der Waals surface area contributed by atoms with Gasteiger partial charge in [0.15, 0.2) is 0 Å². The van der Waals surface area contributed by atoms with Crippen molar-refractivity contribution in [1.29, 1.82) is 0 Å². The highest BCUT2D eigenvalue weighted by Gasteiger charge is 2.23. The fourth-order valence-corrected chi connectivity index (χ4v) is 1.52. The number of anilines is 1. The summed E-state index contributed by atoms with van der Waals surface area (Å²) in [7, 11) is 0.